The highest BCUT2D eigenvalue weighted by molar-refractivity contribution is 5.94. The van der Waals surface area contributed by atoms with Gasteiger partial charge in [-0.25, -0.2) is 0 Å². The van der Waals surface area contributed by atoms with Crippen molar-refractivity contribution in [2.75, 3.05) is 0 Å². The maximum atomic E-state index is 7.74. The van der Waals surface area contributed by atoms with Crippen molar-refractivity contribution in [3.05, 3.63) is 66.2 Å². The molecule has 0 spiro atoms. The van der Waals surface area contributed by atoms with Gasteiger partial charge < -0.3 is 15.8 Å². The Morgan fingerprint density at radius 1 is 0.952 bits per heavy atom. The highest BCUT2D eigenvalue weighted by Crippen LogP contribution is 2.19. The zero-order chi connectivity index (χ0) is 15.1. The van der Waals surface area contributed by atoms with E-state index in [-0.39, 0.29) is 11.9 Å². The summed E-state index contributed by atoms with van der Waals surface area (Å²) in [4.78, 5) is 0. The first kappa shape index (κ1) is 14.4. The third-order valence-corrected chi connectivity index (χ3v) is 2.63. The Kier molecular flexibility index (Phi) is 4.76. The Labute approximate surface area is 123 Å². The molecule has 2 rings (SSSR count). The lowest BCUT2D eigenvalue weighted by atomic mass is 10.2. The van der Waals surface area contributed by atoms with Crippen LogP contribution in [0.3, 0.4) is 0 Å². The number of nitrogens with two attached hydrogens (primary N) is 1. The zero-order valence-electron chi connectivity index (χ0n) is 11.3. The lowest BCUT2D eigenvalue weighted by Gasteiger charge is -2.22. The quantitative estimate of drug-likeness (QED) is 0.335. The number of hydrogen-bond donors (Lipinski definition) is 5. The molecule has 1 unspecified atom stereocenters. The number of rotatable bonds is 4. The van der Waals surface area contributed by atoms with E-state index in [9.17, 15) is 0 Å². The Balaban J connectivity index is 2.15. The van der Waals surface area contributed by atoms with E-state index in [1.54, 1.807) is 0 Å². The van der Waals surface area contributed by atoms with Crippen molar-refractivity contribution in [1.82, 2.24) is 10.6 Å². The van der Waals surface area contributed by atoms with Crippen molar-refractivity contribution < 1.29 is 4.74 Å². The molecule has 0 radical (unpaired) electrons. The molecular formula is C15H17N5O. The molecule has 21 heavy (non-hydrogen) atoms. The van der Waals surface area contributed by atoms with Gasteiger partial charge in [-0.1, -0.05) is 48.5 Å². The molecule has 0 aromatic heterocycles. The average Bonchev–Trinajstić information content (AvgIpc) is 2.48. The van der Waals surface area contributed by atoms with Crippen molar-refractivity contribution in [3.63, 3.8) is 0 Å². The van der Waals surface area contributed by atoms with Gasteiger partial charge in [0.05, 0.1) is 0 Å². The highest BCUT2D eigenvalue weighted by Gasteiger charge is 2.14. The first-order valence-corrected chi connectivity index (χ1v) is 6.38. The topological polar surface area (TPSA) is 107 Å². The SMILES string of the molecule is N=C(N)NC(=N)NC(Oc1ccccc1)c1ccccc1. The van der Waals surface area contributed by atoms with Crippen LogP contribution in [0.2, 0.25) is 0 Å². The summed E-state index contributed by atoms with van der Waals surface area (Å²) in [5.74, 6) is 0.265. The number of guanidine groups is 2. The molecule has 1 atom stereocenters. The fraction of sp³-hybridized carbons (Fsp3) is 0.0667. The van der Waals surface area contributed by atoms with Gasteiger partial charge in [-0.3, -0.25) is 16.1 Å². The van der Waals surface area contributed by atoms with Gasteiger partial charge in [0.2, 0.25) is 0 Å². The molecule has 6 nitrogen and oxygen atoms in total. The molecule has 0 aliphatic carbocycles. The summed E-state index contributed by atoms with van der Waals surface area (Å²) in [7, 11) is 0. The molecule has 0 heterocycles. The lowest BCUT2D eigenvalue weighted by molar-refractivity contribution is 0.189. The molecule has 2 aromatic rings. The van der Waals surface area contributed by atoms with Gasteiger partial charge in [0.25, 0.3) is 0 Å². The van der Waals surface area contributed by atoms with Crippen LogP contribution in [0.5, 0.6) is 5.75 Å². The Hall–Kier alpha value is -3.02. The van der Waals surface area contributed by atoms with Crippen LogP contribution < -0.4 is 21.1 Å². The van der Waals surface area contributed by atoms with Crippen LogP contribution in [0.15, 0.2) is 60.7 Å². The first-order valence-electron chi connectivity index (χ1n) is 6.38. The molecule has 108 valence electrons. The molecule has 0 bridgehead atoms. The van der Waals surface area contributed by atoms with Crippen molar-refractivity contribution in [1.29, 1.82) is 10.8 Å². The van der Waals surface area contributed by atoms with Crippen LogP contribution in [0.4, 0.5) is 0 Å². The second-order valence-electron chi connectivity index (χ2n) is 4.28. The number of nitrogens with one attached hydrogen (secondary N) is 4. The van der Waals surface area contributed by atoms with E-state index in [4.69, 9.17) is 21.3 Å². The summed E-state index contributed by atoms with van der Waals surface area (Å²) < 4.78 is 5.85. The van der Waals surface area contributed by atoms with Crippen LogP contribution in [0.25, 0.3) is 0 Å². The van der Waals surface area contributed by atoms with Crippen LogP contribution in [-0.4, -0.2) is 11.9 Å². The van der Waals surface area contributed by atoms with Gasteiger partial charge in [-0.2, -0.15) is 0 Å². The molecule has 0 amide bonds. The maximum Gasteiger partial charge on any atom is 0.198 e. The van der Waals surface area contributed by atoms with Gasteiger partial charge in [-0.15, -0.1) is 0 Å². The summed E-state index contributed by atoms with van der Waals surface area (Å²) in [6.07, 6.45) is -0.562. The molecule has 0 saturated carbocycles. The highest BCUT2D eigenvalue weighted by atomic mass is 16.5. The van der Waals surface area contributed by atoms with Crippen LogP contribution in [0.1, 0.15) is 11.8 Å². The van der Waals surface area contributed by atoms with Crippen LogP contribution in [-0.2, 0) is 0 Å². The Morgan fingerprint density at radius 2 is 1.52 bits per heavy atom. The smallest absolute Gasteiger partial charge is 0.198 e. The van der Waals surface area contributed by atoms with Crippen molar-refractivity contribution in [2.45, 2.75) is 6.23 Å². The van der Waals surface area contributed by atoms with E-state index in [1.807, 2.05) is 60.7 Å². The van der Waals surface area contributed by atoms with E-state index < -0.39 is 6.23 Å². The van der Waals surface area contributed by atoms with E-state index in [2.05, 4.69) is 10.6 Å². The minimum atomic E-state index is -0.562. The summed E-state index contributed by atoms with van der Waals surface area (Å²) in [5, 5.41) is 20.1. The Morgan fingerprint density at radius 3 is 2.10 bits per heavy atom. The van der Waals surface area contributed by atoms with Gasteiger partial charge in [0.1, 0.15) is 5.75 Å². The predicted octanol–water partition coefficient (Wildman–Crippen LogP) is 1.77. The average molecular weight is 283 g/mol. The van der Waals surface area contributed by atoms with Crippen LogP contribution >= 0.6 is 0 Å². The summed E-state index contributed by atoms with van der Waals surface area (Å²) >= 11 is 0. The molecule has 2 aromatic carbocycles. The molecule has 6 N–H and O–H groups in total. The number of ether oxygens (including phenoxy) is 1. The summed E-state index contributed by atoms with van der Waals surface area (Å²) in [6.45, 7) is 0. The summed E-state index contributed by atoms with van der Waals surface area (Å²) in [6, 6.07) is 18.8. The molecule has 0 fully saturated rings. The molecule has 0 aliphatic heterocycles. The third kappa shape index (κ3) is 4.54. The van der Waals surface area contributed by atoms with Gasteiger partial charge >= 0.3 is 0 Å². The van der Waals surface area contributed by atoms with Gasteiger partial charge in [-0.05, 0) is 12.1 Å². The number of hydrogen-bond acceptors (Lipinski definition) is 3. The first-order chi connectivity index (χ1) is 10.1. The van der Waals surface area contributed by atoms with E-state index in [0.29, 0.717) is 5.75 Å². The second kappa shape index (κ2) is 6.95. The number of benzene rings is 2. The molecule has 0 saturated heterocycles. The normalized spacial score (nSPS) is 11.2. The monoisotopic (exact) mass is 283 g/mol. The van der Waals surface area contributed by atoms with E-state index in [1.165, 1.54) is 0 Å². The van der Waals surface area contributed by atoms with Crippen molar-refractivity contribution in [3.8, 4) is 5.75 Å². The number of para-hydroxylation sites is 1. The van der Waals surface area contributed by atoms with Crippen molar-refractivity contribution >= 4 is 11.9 Å². The minimum Gasteiger partial charge on any atom is -0.466 e. The Bertz CT molecular complexity index is 600. The van der Waals surface area contributed by atoms with E-state index in [0.717, 1.165) is 5.56 Å². The molecular weight excluding hydrogens is 266 g/mol. The summed E-state index contributed by atoms with van der Waals surface area (Å²) in [5.41, 5.74) is 6.07. The molecule has 6 heteroatoms. The fourth-order valence-corrected chi connectivity index (χ4v) is 1.75. The largest absolute Gasteiger partial charge is 0.466 e. The zero-order valence-corrected chi connectivity index (χ0v) is 11.3. The fourth-order valence-electron chi connectivity index (χ4n) is 1.75. The van der Waals surface area contributed by atoms with Gasteiger partial charge in [0, 0.05) is 5.56 Å². The minimum absolute atomic E-state index is 0.104. The molecule has 0 aliphatic rings. The maximum absolute atomic E-state index is 7.74. The van der Waals surface area contributed by atoms with Gasteiger partial charge in [0.15, 0.2) is 18.1 Å². The second-order valence-corrected chi connectivity index (χ2v) is 4.28. The standard InChI is InChI=1S/C15H17N5O/c16-14(17)20-15(18)19-13(11-7-3-1-4-8-11)21-12-9-5-2-6-10-12/h1-10,13H,(H6,16,17,18,19,20). The van der Waals surface area contributed by atoms with E-state index >= 15 is 0 Å². The van der Waals surface area contributed by atoms with Crippen molar-refractivity contribution in [2.24, 2.45) is 5.73 Å². The predicted molar refractivity (Wildman–Crippen MR) is 82.2 cm³/mol. The third-order valence-electron chi connectivity index (χ3n) is 2.63. The van der Waals surface area contributed by atoms with Crippen LogP contribution in [0, 0.1) is 10.8 Å². The lowest BCUT2D eigenvalue weighted by Crippen LogP contribution is -2.45.